The lowest BCUT2D eigenvalue weighted by Gasteiger charge is -2.16. The molecule has 2 atom stereocenters. The van der Waals surface area contributed by atoms with E-state index < -0.39 is 17.6 Å². The minimum atomic E-state index is -3.02. The first-order chi connectivity index (χ1) is 6.47. The fraction of sp³-hybridized carbons (Fsp3) is 1.00. The van der Waals surface area contributed by atoms with Crippen LogP contribution in [0.3, 0.4) is 0 Å². The number of rotatable bonds is 7. The van der Waals surface area contributed by atoms with Crippen LogP contribution in [0.2, 0.25) is 0 Å². The molecule has 4 nitrogen and oxygen atoms in total. The molecule has 0 spiro atoms. The maximum Gasteiger partial charge on any atom is 0.388 e. The zero-order chi connectivity index (χ0) is 11.2. The molecule has 7 heteroatoms. The quantitative estimate of drug-likeness (QED) is 0.657. The van der Waals surface area contributed by atoms with Gasteiger partial charge in [0.25, 0.3) is 0 Å². The van der Waals surface area contributed by atoms with Crippen LogP contribution >= 0.6 is 18.2 Å². The van der Waals surface area contributed by atoms with E-state index in [-0.39, 0.29) is 5.25 Å². The molecule has 0 heterocycles. The highest BCUT2D eigenvalue weighted by Crippen LogP contribution is 2.61. The highest BCUT2D eigenvalue weighted by Gasteiger charge is 2.26. The monoisotopic (exact) mass is 260 g/mol. The molecule has 0 aromatic carbocycles. The first kappa shape index (κ1) is 14.6. The van der Waals surface area contributed by atoms with Crippen molar-refractivity contribution < 1.29 is 17.8 Å². The van der Waals surface area contributed by atoms with Gasteiger partial charge >= 0.3 is 6.80 Å². The molecule has 0 aromatic rings. The highest BCUT2D eigenvalue weighted by molar-refractivity contribution is 8.55. The lowest BCUT2D eigenvalue weighted by Crippen LogP contribution is -2.11. The second-order valence-corrected chi connectivity index (χ2v) is 9.03. The summed E-state index contributed by atoms with van der Waals surface area (Å²) in [5.74, 6) is 1.13. The Kier molecular flexibility index (Phi) is 7.34. The van der Waals surface area contributed by atoms with E-state index in [0.29, 0.717) is 11.5 Å². The van der Waals surface area contributed by atoms with Crippen LogP contribution in [0, 0.1) is 0 Å². The third-order valence-electron chi connectivity index (χ3n) is 1.50. The summed E-state index contributed by atoms with van der Waals surface area (Å²) in [6, 6.07) is 0. The largest absolute Gasteiger partial charge is 0.388 e. The van der Waals surface area contributed by atoms with Gasteiger partial charge < -0.3 is 9.05 Å². The van der Waals surface area contributed by atoms with Crippen LogP contribution in [0.25, 0.3) is 0 Å². The van der Waals surface area contributed by atoms with Crippen molar-refractivity contribution in [1.82, 2.24) is 0 Å². The summed E-state index contributed by atoms with van der Waals surface area (Å²) < 4.78 is 32.4. The van der Waals surface area contributed by atoms with E-state index in [1.807, 2.05) is 13.8 Å². The van der Waals surface area contributed by atoms with E-state index in [2.05, 4.69) is 0 Å². The average Bonchev–Trinajstić information content (AvgIpc) is 2.17. The molecule has 0 aliphatic rings. The average molecular weight is 260 g/mol. The predicted molar refractivity (Wildman–Crippen MR) is 62.2 cm³/mol. The van der Waals surface area contributed by atoms with Gasteiger partial charge in [-0.05, 0) is 11.4 Å². The Bertz CT molecular complexity index is 226. The minimum Gasteiger partial charge on any atom is -0.304 e. The summed E-state index contributed by atoms with van der Waals surface area (Å²) in [6.07, 6.45) is 0. The summed E-state index contributed by atoms with van der Waals surface area (Å²) in [6.45, 7) is 0.703. The van der Waals surface area contributed by atoms with Crippen LogP contribution in [-0.4, -0.2) is 35.2 Å². The normalized spacial score (nSPS) is 16.6. The van der Waals surface area contributed by atoms with Gasteiger partial charge in [0.1, 0.15) is 0 Å². The van der Waals surface area contributed by atoms with Gasteiger partial charge in [-0.1, -0.05) is 13.8 Å². The first-order valence-corrected chi connectivity index (χ1v) is 8.73. The van der Waals surface area contributed by atoms with E-state index in [9.17, 15) is 8.77 Å². The van der Waals surface area contributed by atoms with Gasteiger partial charge in [0.2, 0.25) is 0 Å². The molecule has 0 bridgehead atoms. The Morgan fingerprint density at radius 1 is 1.43 bits per heavy atom. The van der Waals surface area contributed by atoms with Gasteiger partial charge in [-0.15, -0.1) is 0 Å². The second kappa shape index (κ2) is 7.01. The molecule has 1 unspecified atom stereocenters. The molecule has 0 aliphatic heterocycles. The zero-order valence-electron chi connectivity index (χ0n) is 8.89. The second-order valence-electron chi connectivity index (χ2n) is 2.62. The first-order valence-electron chi connectivity index (χ1n) is 4.22. The highest BCUT2D eigenvalue weighted by atomic mass is 32.7. The molecule has 0 fully saturated rings. The standard InChI is InChI=1S/C7H17O4PS2/c1-5-14(9)6-7(2)13-12(8,10-3)11-4/h7H,5-6H2,1-4H3/t7-,14?/m0/s1. The molecule has 0 radical (unpaired) electrons. The van der Waals surface area contributed by atoms with Crippen LogP contribution in [0.5, 0.6) is 0 Å². The summed E-state index contributed by atoms with van der Waals surface area (Å²) in [4.78, 5) is 0. The van der Waals surface area contributed by atoms with Crippen LogP contribution < -0.4 is 0 Å². The van der Waals surface area contributed by atoms with Crippen LogP contribution in [0.1, 0.15) is 13.8 Å². The third-order valence-corrected chi connectivity index (χ3v) is 7.65. The van der Waals surface area contributed by atoms with Crippen molar-refractivity contribution in [1.29, 1.82) is 0 Å². The van der Waals surface area contributed by atoms with Crippen LogP contribution in [0.15, 0.2) is 0 Å². The maximum atomic E-state index is 11.7. The van der Waals surface area contributed by atoms with Gasteiger partial charge in [0.15, 0.2) is 0 Å². The molecule has 0 saturated heterocycles. The summed E-state index contributed by atoms with van der Waals surface area (Å²) in [7, 11) is 1.85. The van der Waals surface area contributed by atoms with Crippen molar-refractivity contribution in [2.45, 2.75) is 19.1 Å². The van der Waals surface area contributed by atoms with Crippen molar-refractivity contribution in [3.63, 3.8) is 0 Å². The summed E-state index contributed by atoms with van der Waals surface area (Å²) >= 11 is 1.11. The lowest BCUT2D eigenvalue weighted by atomic mass is 10.6. The Morgan fingerprint density at radius 3 is 2.29 bits per heavy atom. The number of hydrogen-bond donors (Lipinski definition) is 0. The summed E-state index contributed by atoms with van der Waals surface area (Å²) in [5.41, 5.74) is 0. The van der Waals surface area contributed by atoms with Crippen LogP contribution in [-0.2, 0) is 24.4 Å². The van der Waals surface area contributed by atoms with Gasteiger partial charge in [0, 0.05) is 41.8 Å². The molecule has 0 aromatic heterocycles. The van der Waals surface area contributed by atoms with E-state index in [0.717, 1.165) is 11.4 Å². The SMILES string of the molecule is CCS(=O)C[C@H](C)SP(=O)(OC)OC. The van der Waals surface area contributed by atoms with Crippen molar-refractivity contribution in [3.8, 4) is 0 Å². The summed E-state index contributed by atoms with van der Waals surface area (Å²) in [5, 5.41) is 0.00140. The third kappa shape index (κ3) is 5.51. The predicted octanol–water partition coefficient (Wildman–Crippen LogP) is 2.28. The van der Waals surface area contributed by atoms with Gasteiger partial charge in [-0.25, -0.2) is 4.57 Å². The Labute approximate surface area is 91.9 Å². The molecule has 14 heavy (non-hydrogen) atoms. The molecule has 0 rings (SSSR count). The van der Waals surface area contributed by atoms with Gasteiger partial charge in [-0.2, -0.15) is 0 Å². The molecule has 0 N–H and O–H groups in total. The van der Waals surface area contributed by atoms with E-state index >= 15 is 0 Å². The van der Waals surface area contributed by atoms with Gasteiger partial charge in [-0.3, -0.25) is 4.21 Å². The lowest BCUT2D eigenvalue weighted by molar-refractivity contribution is 0.295. The number of hydrogen-bond acceptors (Lipinski definition) is 5. The topological polar surface area (TPSA) is 52.6 Å². The molecular formula is C7H17O4PS2. The molecule has 0 amide bonds. The van der Waals surface area contributed by atoms with E-state index in [1.165, 1.54) is 14.2 Å². The van der Waals surface area contributed by atoms with Crippen molar-refractivity contribution in [2.24, 2.45) is 0 Å². The minimum absolute atomic E-state index is 0.00140. The maximum absolute atomic E-state index is 11.7. The Balaban J connectivity index is 4.10. The zero-order valence-corrected chi connectivity index (χ0v) is 11.4. The van der Waals surface area contributed by atoms with Crippen molar-refractivity contribution in [3.05, 3.63) is 0 Å². The Hall–Kier alpha value is 0.650. The van der Waals surface area contributed by atoms with Crippen molar-refractivity contribution >= 4 is 29.0 Å². The smallest absolute Gasteiger partial charge is 0.304 e. The van der Waals surface area contributed by atoms with Crippen LogP contribution in [0.4, 0.5) is 0 Å². The fourth-order valence-electron chi connectivity index (χ4n) is 0.791. The molecule has 0 saturated carbocycles. The molecular weight excluding hydrogens is 243 g/mol. The molecule has 86 valence electrons. The fourth-order valence-corrected chi connectivity index (χ4v) is 5.40. The Morgan fingerprint density at radius 2 is 1.93 bits per heavy atom. The van der Waals surface area contributed by atoms with Crippen molar-refractivity contribution in [2.75, 3.05) is 25.7 Å². The molecule has 0 aliphatic carbocycles. The van der Waals surface area contributed by atoms with Gasteiger partial charge in [0.05, 0.1) is 0 Å². The van der Waals surface area contributed by atoms with E-state index in [1.54, 1.807) is 0 Å². The van der Waals surface area contributed by atoms with E-state index in [4.69, 9.17) is 9.05 Å².